The Balaban J connectivity index is 0.000000283. The van der Waals surface area contributed by atoms with Crippen LogP contribution in [0.25, 0.3) is 22.4 Å². The Morgan fingerprint density at radius 1 is 0.826 bits per heavy atom. The summed E-state index contributed by atoms with van der Waals surface area (Å²) >= 11 is 0. The quantitative estimate of drug-likeness (QED) is 0.427. The van der Waals surface area contributed by atoms with E-state index in [2.05, 4.69) is 32.7 Å². The van der Waals surface area contributed by atoms with Crippen LogP contribution >= 0.6 is 0 Å². The molecule has 3 aromatic rings. The number of carbonyl (C=O) groups excluding carboxylic acids is 1. The second kappa shape index (κ2) is 7.73. The van der Waals surface area contributed by atoms with Crippen molar-refractivity contribution in [2.45, 2.75) is 40.5 Å². The van der Waals surface area contributed by atoms with Crippen LogP contribution in [0.3, 0.4) is 0 Å². The number of hydrogen-bond donors (Lipinski definition) is 0. The summed E-state index contributed by atoms with van der Waals surface area (Å²) in [5, 5.41) is 0. The fourth-order valence-electron chi connectivity index (χ4n) is 2.40. The van der Waals surface area contributed by atoms with E-state index in [0.29, 0.717) is 0 Å². The monoisotopic (exact) mass is 308 g/mol. The van der Waals surface area contributed by atoms with Gasteiger partial charge in [0.05, 0.1) is 16.6 Å². The van der Waals surface area contributed by atoms with Crippen LogP contribution in [0, 0.1) is 0 Å². The first-order valence-corrected chi connectivity index (χ1v) is 8.31. The molecule has 0 N–H and O–H groups in total. The van der Waals surface area contributed by atoms with E-state index < -0.39 is 0 Å². The molecule has 1 aliphatic heterocycles. The molecule has 0 amide bonds. The van der Waals surface area contributed by atoms with Crippen LogP contribution in [-0.2, 0) is 0 Å². The normalized spacial score (nSPS) is 11.0. The summed E-state index contributed by atoms with van der Waals surface area (Å²) in [6.45, 7) is 8.50. The minimum atomic E-state index is 0.0179. The molecule has 0 radical (unpaired) electrons. The zero-order valence-corrected chi connectivity index (χ0v) is 14.3. The van der Waals surface area contributed by atoms with Gasteiger partial charge in [0.15, 0.2) is 0 Å². The van der Waals surface area contributed by atoms with Crippen LogP contribution in [0.5, 0.6) is 0 Å². The first-order chi connectivity index (χ1) is 11.2. The van der Waals surface area contributed by atoms with Crippen LogP contribution in [0.15, 0.2) is 48.5 Å². The lowest BCUT2D eigenvalue weighted by molar-refractivity contribution is 0.0973. The molecule has 0 bridgehead atoms. The highest BCUT2D eigenvalue weighted by atomic mass is 16.2. The molecule has 0 aliphatic carbocycles. The van der Waals surface area contributed by atoms with Gasteiger partial charge in [0.25, 0.3) is 5.91 Å². The summed E-state index contributed by atoms with van der Waals surface area (Å²) in [4.78, 5) is 16.8. The van der Waals surface area contributed by atoms with Gasteiger partial charge in [-0.1, -0.05) is 70.9 Å². The van der Waals surface area contributed by atoms with Crippen molar-refractivity contribution in [3.8, 4) is 11.4 Å². The largest absolute Gasteiger partial charge is 0.268 e. The van der Waals surface area contributed by atoms with Crippen molar-refractivity contribution in [1.29, 1.82) is 0 Å². The number of aromatic nitrogens is 2. The molecule has 2 aromatic carbocycles. The molecule has 0 atom stereocenters. The number of carbonyl (C=O) groups is 1. The summed E-state index contributed by atoms with van der Waals surface area (Å²) < 4.78 is 1.69. The third kappa shape index (κ3) is 3.19. The second-order valence-electron chi connectivity index (χ2n) is 5.52. The number of rotatable bonds is 0. The molecule has 120 valence electrons. The molecule has 1 aromatic heterocycles. The van der Waals surface area contributed by atoms with Gasteiger partial charge in [0.1, 0.15) is 5.82 Å². The van der Waals surface area contributed by atoms with E-state index in [9.17, 15) is 4.79 Å². The van der Waals surface area contributed by atoms with Gasteiger partial charge in [0.2, 0.25) is 0 Å². The molecule has 2 heterocycles. The fourth-order valence-corrected chi connectivity index (χ4v) is 2.40. The number of imidazole rings is 1. The molecule has 23 heavy (non-hydrogen) atoms. The third-order valence-electron chi connectivity index (χ3n) is 3.16. The molecular formula is C20H24N2O. The van der Waals surface area contributed by atoms with Gasteiger partial charge in [-0.3, -0.25) is 9.36 Å². The van der Waals surface area contributed by atoms with Crippen molar-refractivity contribution in [3.05, 3.63) is 54.1 Å². The van der Waals surface area contributed by atoms with Gasteiger partial charge in [0, 0.05) is 5.56 Å². The number of hydrogen-bond acceptors (Lipinski definition) is 2. The topological polar surface area (TPSA) is 34.9 Å². The average Bonchev–Trinajstić information content (AvgIpc) is 3.06. The zero-order valence-electron chi connectivity index (χ0n) is 14.3. The SMILES string of the molecule is CCC.CCC.O=C1c2ccccc2-c2nc3ccccc3n21. The zero-order chi connectivity index (χ0) is 16.8. The molecular weight excluding hydrogens is 284 g/mol. The van der Waals surface area contributed by atoms with Crippen LogP contribution < -0.4 is 0 Å². The maximum Gasteiger partial charge on any atom is 0.264 e. The van der Waals surface area contributed by atoms with Crippen molar-refractivity contribution in [3.63, 3.8) is 0 Å². The molecule has 4 rings (SSSR count). The van der Waals surface area contributed by atoms with Gasteiger partial charge in [-0.2, -0.15) is 0 Å². The Labute approximate surface area is 138 Å². The Morgan fingerprint density at radius 2 is 1.35 bits per heavy atom. The highest BCUT2D eigenvalue weighted by Crippen LogP contribution is 2.34. The summed E-state index contributed by atoms with van der Waals surface area (Å²) in [6.07, 6.45) is 2.50. The number of para-hydroxylation sites is 2. The van der Waals surface area contributed by atoms with Crippen molar-refractivity contribution in [2.24, 2.45) is 0 Å². The fraction of sp³-hybridized carbons (Fsp3) is 0.300. The van der Waals surface area contributed by atoms with E-state index in [0.717, 1.165) is 28.0 Å². The summed E-state index contributed by atoms with van der Waals surface area (Å²) in [6, 6.07) is 15.3. The van der Waals surface area contributed by atoms with Crippen molar-refractivity contribution in [1.82, 2.24) is 9.55 Å². The van der Waals surface area contributed by atoms with E-state index >= 15 is 0 Å². The summed E-state index contributed by atoms with van der Waals surface area (Å²) in [5.74, 6) is 0.774. The Kier molecular flexibility index (Phi) is 5.69. The lowest BCUT2D eigenvalue weighted by atomic mass is 10.1. The first kappa shape index (κ1) is 16.9. The molecule has 0 fully saturated rings. The summed E-state index contributed by atoms with van der Waals surface area (Å²) in [5.41, 5.74) is 3.41. The van der Waals surface area contributed by atoms with E-state index in [4.69, 9.17) is 0 Å². The standard InChI is InChI=1S/C14H8N2O.2C3H8/c17-14-10-6-2-1-5-9(10)13-15-11-7-3-4-8-12(11)16(13)14;2*1-3-2/h1-8H;2*3H2,1-2H3. The smallest absolute Gasteiger partial charge is 0.264 e. The molecule has 0 saturated heterocycles. The molecule has 0 saturated carbocycles. The Morgan fingerprint density at radius 3 is 2.00 bits per heavy atom. The van der Waals surface area contributed by atoms with Gasteiger partial charge in [-0.05, 0) is 18.2 Å². The van der Waals surface area contributed by atoms with Crippen LogP contribution in [-0.4, -0.2) is 15.5 Å². The second-order valence-corrected chi connectivity index (χ2v) is 5.52. The highest BCUT2D eigenvalue weighted by molar-refractivity contribution is 6.12. The number of fused-ring (bicyclic) bond motifs is 5. The van der Waals surface area contributed by atoms with E-state index in [1.807, 2.05) is 48.5 Å². The molecule has 3 nitrogen and oxygen atoms in total. The highest BCUT2D eigenvalue weighted by Gasteiger charge is 2.29. The number of benzene rings is 2. The van der Waals surface area contributed by atoms with Crippen molar-refractivity contribution < 1.29 is 4.79 Å². The van der Waals surface area contributed by atoms with Crippen LogP contribution in [0.4, 0.5) is 0 Å². The predicted molar refractivity (Wildman–Crippen MR) is 96.8 cm³/mol. The van der Waals surface area contributed by atoms with Crippen LogP contribution in [0.1, 0.15) is 50.9 Å². The van der Waals surface area contributed by atoms with E-state index in [-0.39, 0.29) is 5.91 Å². The minimum absolute atomic E-state index is 0.0179. The molecule has 0 unspecified atom stereocenters. The maximum absolute atomic E-state index is 12.3. The molecule has 3 heteroatoms. The third-order valence-corrected chi connectivity index (χ3v) is 3.16. The van der Waals surface area contributed by atoms with Gasteiger partial charge < -0.3 is 0 Å². The van der Waals surface area contributed by atoms with Gasteiger partial charge in [-0.25, -0.2) is 4.98 Å². The predicted octanol–water partition coefficient (Wildman–Crippen LogP) is 5.54. The van der Waals surface area contributed by atoms with E-state index in [1.165, 1.54) is 12.8 Å². The van der Waals surface area contributed by atoms with Gasteiger partial charge >= 0.3 is 0 Å². The molecule has 0 spiro atoms. The number of nitrogens with zero attached hydrogens (tertiary/aromatic N) is 2. The average molecular weight is 308 g/mol. The van der Waals surface area contributed by atoms with E-state index in [1.54, 1.807) is 4.57 Å². The lowest BCUT2D eigenvalue weighted by Gasteiger charge is -1.96. The van der Waals surface area contributed by atoms with Crippen molar-refractivity contribution >= 4 is 16.9 Å². The van der Waals surface area contributed by atoms with Crippen LogP contribution in [0.2, 0.25) is 0 Å². The Bertz CT molecular complexity index is 800. The minimum Gasteiger partial charge on any atom is -0.268 e. The molecule has 1 aliphatic rings. The summed E-state index contributed by atoms with van der Waals surface area (Å²) in [7, 11) is 0. The van der Waals surface area contributed by atoms with Crippen molar-refractivity contribution in [2.75, 3.05) is 0 Å². The van der Waals surface area contributed by atoms with Gasteiger partial charge in [-0.15, -0.1) is 0 Å². The Hall–Kier alpha value is -2.42. The first-order valence-electron chi connectivity index (χ1n) is 8.31. The maximum atomic E-state index is 12.3. The lowest BCUT2D eigenvalue weighted by Crippen LogP contribution is -2.05.